The molecule has 0 bridgehead atoms. The van der Waals surface area contributed by atoms with E-state index in [0.29, 0.717) is 6.61 Å². The van der Waals surface area contributed by atoms with Crippen LogP contribution < -0.4 is 10.1 Å². The van der Waals surface area contributed by atoms with Crippen LogP contribution >= 0.6 is 12.4 Å². The van der Waals surface area contributed by atoms with Gasteiger partial charge in [-0.2, -0.15) is 0 Å². The average Bonchev–Trinajstić information content (AvgIpc) is 3.03. The highest BCUT2D eigenvalue weighted by atomic mass is 35.5. The normalized spacial score (nSPS) is 19.4. The maximum Gasteiger partial charge on any atom is 0.127 e. The van der Waals surface area contributed by atoms with Crippen molar-refractivity contribution >= 4 is 12.4 Å². The van der Waals surface area contributed by atoms with E-state index >= 15 is 0 Å². The Hall–Kier alpha value is -0.800. The van der Waals surface area contributed by atoms with Gasteiger partial charge in [0, 0.05) is 29.6 Å². The molecule has 0 aromatic heterocycles. The Morgan fingerprint density at radius 2 is 2.18 bits per heavy atom. The third-order valence-corrected chi connectivity index (χ3v) is 3.67. The zero-order chi connectivity index (χ0) is 11.2. The Labute approximate surface area is 107 Å². The second kappa shape index (κ2) is 4.46. The lowest BCUT2D eigenvalue weighted by Crippen LogP contribution is -2.34. The molecule has 0 unspecified atom stereocenters. The standard InChI is InChI=1S/C13H16FNO.ClH/c1-2-16-11-4-3-10(14)12-9(11)7-15-8-13(12)5-6-13;/h3-4,15H,2,5-8H2,1H3;1H. The minimum absolute atomic E-state index is 0. The Morgan fingerprint density at radius 1 is 1.41 bits per heavy atom. The van der Waals surface area contributed by atoms with Gasteiger partial charge in [-0.3, -0.25) is 0 Å². The lowest BCUT2D eigenvalue weighted by atomic mass is 9.87. The Morgan fingerprint density at radius 3 is 2.82 bits per heavy atom. The topological polar surface area (TPSA) is 21.3 Å². The Balaban J connectivity index is 0.00000108. The van der Waals surface area contributed by atoms with Crippen LogP contribution in [0.1, 0.15) is 30.9 Å². The summed E-state index contributed by atoms with van der Waals surface area (Å²) in [6, 6.07) is 3.30. The molecule has 1 heterocycles. The number of benzene rings is 1. The molecule has 1 spiro atoms. The maximum atomic E-state index is 13.9. The highest BCUT2D eigenvalue weighted by Crippen LogP contribution is 2.52. The maximum absolute atomic E-state index is 13.9. The van der Waals surface area contributed by atoms with Gasteiger partial charge in [0.2, 0.25) is 0 Å². The quantitative estimate of drug-likeness (QED) is 0.880. The second-order valence-electron chi connectivity index (χ2n) is 4.72. The van der Waals surface area contributed by atoms with E-state index in [1.807, 2.05) is 6.92 Å². The third kappa shape index (κ3) is 1.91. The van der Waals surface area contributed by atoms with Crippen molar-refractivity contribution in [3.63, 3.8) is 0 Å². The van der Waals surface area contributed by atoms with E-state index in [9.17, 15) is 4.39 Å². The Kier molecular flexibility index (Phi) is 3.32. The van der Waals surface area contributed by atoms with E-state index in [1.54, 1.807) is 12.1 Å². The number of ether oxygens (including phenoxy) is 1. The molecule has 0 amide bonds. The van der Waals surface area contributed by atoms with Gasteiger partial charge >= 0.3 is 0 Å². The molecule has 1 aliphatic carbocycles. The number of fused-ring (bicyclic) bond motifs is 2. The molecule has 0 atom stereocenters. The molecule has 4 heteroatoms. The van der Waals surface area contributed by atoms with Crippen LogP contribution in [0.15, 0.2) is 12.1 Å². The van der Waals surface area contributed by atoms with Crippen molar-refractivity contribution in [2.24, 2.45) is 0 Å². The number of nitrogens with one attached hydrogen (secondary N) is 1. The highest BCUT2D eigenvalue weighted by molar-refractivity contribution is 5.85. The first-order valence-electron chi connectivity index (χ1n) is 5.92. The molecule has 3 rings (SSSR count). The summed E-state index contributed by atoms with van der Waals surface area (Å²) in [6.07, 6.45) is 2.19. The molecule has 94 valence electrons. The first-order chi connectivity index (χ1) is 7.77. The van der Waals surface area contributed by atoms with Gasteiger partial charge in [0.15, 0.2) is 0 Å². The molecular weight excluding hydrogens is 241 g/mol. The number of hydrogen-bond donors (Lipinski definition) is 1. The van der Waals surface area contributed by atoms with Gasteiger partial charge in [-0.25, -0.2) is 4.39 Å². The van der Waals surface area contributed by atoms with E-state index in [0.717, 1.165) is 42.8 Å². The van der Waals surface area contributed by atoms with E-state index in [-0.39, 0.29) is 23.6 Å². The first kappa shape index (κ1) is 12.7. The molecule has 1 aromatic rings. The van der Waals surface area contributed by atoms with Crippen molar-refractivity contribution in [1.29, 1.82) is 0 Å². The summed E-state index contributed by atoms with van der Waals surface area (Å²) in [4.78, 5) is 0. The van der Waals surface area contributed by atoms with Crippen molar-refractivity contribution in [1.82, 2.24) is 5.32 Å². The fraction of sp³-hybridized carbons (Fsp3) is 0.538. The second-order valence-corrected chi connectivity index (χ2v) is 4.72. The molecule has 1 aromatic carbocycles. The van der Waals surface area contributed by atoms with Crippen LogP contribution in [0.4, 0.5) is 4.39 Å². The summed E-state index contributed by atoms with van der Waals surface area (Å²) in [5, 5.41) is 3.37. The average molecular weight is 258 g/mol. The zero-order valence-corrected chi connectivity index (χ0v) is 10.7. The summed E-state index contributed by atoms with van der Waals surface area (Å²) in [5.74, 6) is 0.787. The van der Waals surface area contributed by atoms with E-state index in [4.69, 9.17) is 4.74 Å². The number of rotatable bonds is 2. The fourth-order valence-electron chi connectivity index (χ4n) is 2.73. The van der Waals surface area contributed by atoms with Gasteiger partial charge in [-0.05, 0) is 31.9 Å². The van der Waals surface area contributed by atoms with E-state index in [2.05, 4.69) is 5.32 Å². The minimum atomic E-state index is -0.0579. The van der Waals surface area contributed by atoms with Crippen LogP contribution in [0, 0.1) is 5.82 Å². The first-order valence-corrected chi connectivity index (χ1v) is 5.92. The number of hydrogen-bond acceptors (Lipinski definition) is 2. The largest absolute Gasteiger partial charge is 0.494 e. The third-order valence-electron chi connectivity index (χ3n) is 3.67. The van der Waals surface area contributed by atoms with Gasteiger partial charge in [0.25, 0.3) is 0 Å². The number of halogens is 2. The molecule has 2 aliphatic rings. The Bertz CT molecular complexity index is 432. The van der Waals surface area contributed by atoms with Crippen molar-refractivity contribution in [2.75, 3.05) is 13.2 Å². The molecule has 1 aliphatic heterocycles. The zero-order valence-electron chi connectivity index (χ0n) is 9.88. The highest BCUT2D eigenvalue weighted by Gasteiger charge is 2.49. The van der Waals surface area contributed by atoms with Gasteiger partial charge in [-0.1, -0.05) is 0 Å². The monoisotopic (exact) mass is 257 g/mol. The SMILES string of the molecule is CCOc1ccc(F)c2c1CNCC21CC1.Cl. The van der Waals surface area contributed by atoms with Crippen molar-refractivity contribution in [3.8, 4) is 5.75 Å². The van der Waals surface area contributed by atoms with Crippen LogP contribution in [-0.4, -0.2) is 13.2 Å². The molecule has 2 nitrogen and oxygen atoms in total. The lowest BCUT2D eigenvalue weighted by molar-refractivity contribution is 0.330. The molecular formula is C13H17ClFNO. The predicted octanol–water partition coefficient (Wildman–Crippen LogP) is 2.78. The fourth-order valence-corrected chi connectivity index (χ4v) is 2.73. The van der Waals surface area contributed by atoms with E-state index < -0.39 is 0 Å². The predicted molar refractivity (Wildman–Crippen MR) is 67.4 cm³/mol. The summed E-state index contributed by atoms with van der Waals surface area (Å²) in [6.45, 7) is 4.22. The van der Waals surface area contributed by atoms with Crippen molar-refractivity contribution in [2.45, 2.75) is 31.7 Å². The van der Waals surface area contributed by atoms with Crippen LogP contribution in [-0.2, 0) is 12.0 Å². The lowest BCUT2D eigenvalue weighted by Gasteiger charge is -2.28. The smallest absolute Gasteiger partial charge is 0.127 e. The molecule has 1 N–H and O–H groups in total. The summed E-state index contributed by atoms with van der Waals surface area (Å²) >= 11 is 0. The van der Waals surface area contributed by atoms with E-state index in [1.165, 1.54) is 0 Å². The van der Waals surface area contributed by atoms with Gasteiger partial charge in [0.05, 0.1) is 6.61 Å². The summed E-state index contributed by atoms with van der Waals surface area (Å²) in [5.41, 5.74) is 2.02. The molecule has 1 saturated carbocycles. The van der Waals surface area contributed by atoms with Crippen LogP contribution in [0.25, 0.3) is 0 Å². The van der Waals surface area contributed by atoms with Crippen LogP contribution in [0.5, 0.6) is 5.75 Å². The molecule has 0 saturated heterocycles. The van der Waals surface area contributed by atoms with Gasteiger partial charge in [0.1, 0.15) is 11.6 Å². The van der Waals surface area contributed by atoms with Crippen LogP contribution in [0.2, 0.25) is 0 Å². The summed E-state index contributed by atoms with van der Waals surface area (Å²) in [7, 11) is 0. The molecule has 0 radical (unpaired) electrons. The minimum Gasteiger partial charge on any atom is -0.494 e. The van der Waals surface area contributed by atoms with Crippen LogP contribution in [0.3, 0.4) is 0 Å². The van der Waals surface area contributed by atoms with Gasteiger partial charge < -0.3 is 10.1 Å². The van der Waals surface area contributed by atoms with Gasteiger partial charge in [-0.15, -0.1) is 12.4 Å². The van der Waals surface area contributed by atoms with Crippen molar-refractivity contribution < 1.29 is 9.13 Å². The summed E-state index contributed by atoms with van der Waals surface area (Å²) < 4.78 is 19.5. The molecule has 1 fully saturated rings. The van der Waals surface area contributed by atoms with Crippen molar-refractivity contribution in [3.05, 3.63) is 29.1 Å². The molecule has 17 heavy (non-hydrogen) atoms.